The number of nitrogens with one attached hydrogen (secondary N) is 2. The number of hydrogen-bond donors (Lipinski definition) is 2. The van der Waals surface area contributed by atoms with Crippen molar-refractivity contribution < 1.29 is 14.3 Å². The molecule has 0 spiro atoms. The van der Waals surface area contributed by atoms with Crippen molar-refractivity contribution in [2.45, 2.75) is 51.0 Å². The molecule has 1 saturated heterocycles. The van der Waals surface area contributed by atoms with Crippen molar-refractivity contribution in [3.8, 4) is 0 Å². The second-order valence-corrected chi connectivity index (χ2v) is 7.10. The molecule has 23 heavy (non-hydrogen) atoms. The lowest BCUT2D eigenvalue weighted by Gasteiger charge is -2.27. The van der Waals surface area contributed by atoms with E-state index in [1.165, 1.54) is 19.3 Å². The maximum atomic E-state index is 12.5. The number of ether oxygens (including phenoxy) is 1. The first-order valence-corrected chi connectivity index (χ1v) is 9.10. The smallest absolute Gasteiger partial charge is 0.235 e. The first kappa shape index (κ1) is 16.7. The van der Waals surface area contributed by atoms with E-state index in [0.717, 1.165) is 45.7 Å². The first-order chi connectivity index (χ1) is 11.2. The largest absolute Gasteiger partial charge is 0.379 e. The molecule has 3 rings (SSSR count). The zero-order valence-electron chi connectivity index (χ0n) is 13.9. The van der Waals surface area contributed by atoms with Crippen LogP contribution in [-0.4, -0.2) is 62.1 Å². The topological polar surface area (TPSA) is 70.7 Å². The summed E-state index contributed by atoms with van der Waals surface area (Å²) in [5.74, 6) is -0.132. The van der Waals surface area contributed by atoms with Crippen LogP contribution in [0.25, 0.3) is 0 Å². The molecule has 0 unspecified atom stereocenters. The Bertz CT molecular complexity index is 425. The van der Waals surface area contributed by atoms with Crippen molar-refractivity contribution in [2.24, 2.45) is 5.41 Å². The van der Waals surface area contributed by atoms with E-state index in [1.54, 1.807) is 0 Å². The van der Waals surface area contributed by atoms with Crippen LogP contribution in [-0.2, 0) is 14.3 Å². The first-order valence-electron chi connectivity index (χ1n) is 9.10. The van der Waals surface area contributed by atoms with Gasteiger partial charge in [-0.05, 0) is 25.7 Å². The summed E-state index contributed by atoms with van der Waals surface area (Å²) in [6.07, 6.45) is 7.12. The van der Waals surface area contributed by atoms with Gasteiger partial charge in [0.15, 0.2) is 0 Å². The molecule has 0 atom stereocenters. The summed E-state index contributed by atoms with van der Waals surface area (Å²) in [6, 6.07) is 0.273. The number of morpholine rings is 1. The third-order valence-corrected chi connectivity index (χ3v) is 5.38. The number of amides is 2. The quantitative estimate of drug-likeness (QED) is 0.705. The highest BCUT2D eigenvalue weighted by Crippen LogP contribution is 2.46. The molecular formula is C17H29N3O3. The Hall–Kier alpha value is -1.14. The van der Waals surface area contributed by atoms with Gasteiger partial charge in [-0.25, -0.2) is 0 Å². The molecule has 0 radical (unpaired) electrons. The van der Waals surface area contributed by atoms with Crippen LogP contribution in [0.1, 0.15) is 44.9 Å². The van der Waals surface area contributed by atoms with Gasteiger partial charge in [-0.3, -0.25) is 14.5 Å². The minimum atomic E-state index is -0.775. The molecule has 2 amide bonds. The van der Waals surface area contributed by atoms with Gasteiger partial charge in [0, 0.05) is 32.2 Å². The lowest BCUT2D eigenvalue weighted by atomic mass is 9.94. The molecule has 0 bridgehead atoms. The molecule has 3 fully saturated rings. The molecule has 6 heteroatoms. The second kappa shape index (κ2) is 7.62. The molecule has 130 valence electrons. The predicted molar refractivity (Wildman–Crippen MR) is 87.0 cm³/mol. The number of nitrogens with zero attached hydrogens (tertiary/aromatic N) is 1. The maximum absolute atomic E-state index is 12.5. The molecule has 0 aromatic carbocycles. The summed E-state index contributed by atoms with van der Waals surface area (Å²) >= 11 is 0. The Morgan fingerprint density at radius 3 is 2.39 bits per heavy atom. The number of rotatable bonds is 6. The van der Waals surface area contributed by atoms with Crippen LogP contribution in [0.2, 0.25) is 0 Å². The molecule has 1 heterocycles. The van der Waals surface area contributed by atoms with Crippen LogP contribution in [0.5, 0.6) is 0 Å². The molecule has 0 aromatic heterocycles. The molecule has 0 aromatic rings. The van der Waals surface area contributed by atoms with Gasteiger partial charge < -0.3 is 15.4 Å². The van der Waals surface area contributed by atoms with E-state index in [4.69, 9.17) is 4.74 Å². The number of hydrogen-bond acceptors (Lipinski definition) is 4. The summed E-state index contributed by atoms with van der Waals surface area (Å²) in [5.41, 5.74) is -0.775. The highest BCUT2D eigenvalue weighted by molar-refractivity contribution is 6.07. The minimum absolute atomic E-state index is 0.0479. The molecule has 2 saturated carbocycles. The minimum Gasteiger partial charge on any atom is -0.379 e. The van der Waals surface area contributed by atoms with E-state index in [-0.39, 0.29) is 17.9 Å². The normalized spacial score (nSPS) is 24.9. The van der Waals surface area contributed by atoms with E-state index in [0.29, 0.717) is 19.4 Å². The Balaban J connectivity index is 1.41. The van der Waals surface area contributed by atoms with E-state index in [9.17, 15) is 9.59 Å². The van der Waals surface area contributed by atoms with Crippen LogP contribution in [0.15, 0.2) is 0 Å². The zero-order valence-corrected chi connectivity index (χ0v) is 13.9. The molecule has 3 aliphatic rings. The maximum Gasteiger partial charge on any atom is 0.235 e. The Morgan fingerprint density at radius 1 is 1.04 bits per heavy atom. The van der Waals surface area contributed by atoms with Crippen LogP contribution < -0.4 is 10.6 Å². The van der Waals surface area contributed by atoms with Gasteiger partial charge in [0.1, 0.15) is 5.41 Å². The van der Waals surface area contributed by atoms with Gasteiger partial charge >= 0.3 is 0 Å². The zero-order chi connectivity index (χ0) is 16.1. The Morgan fingerprint density at radius 2 is 1.74 bits per heavy atom. The molecule has 2 aliphatic carbocycles. The van der Waals surface area contributed by atoms with Crippen LogP contribution in [0.3, 0.4) is 0 Å². The van der Waals surface area contributed by atoms with Gasteiger partial charge in [0.25, 0.3) is 0 Å². The average molecular weight is 323 g/mol. The van der Waals surface area contributed by atoms with Crippen molar-refractivity contribution >= 4 is 11.8 Å². The summed E-state index contributed by atoms with van der Waals surface area (Å²) in [5, 5.41) is 6.08. The summed E-state index contributed by atoms with van der Waals surface area (Å²) in [6.45, 7) is 4.81. The molecule has 2 N–H and O–H groups in total. The molecule has 6 nitrogen and oxygen atoms in total. The fourth-order valence-corrected chi connectivity index (χ4v) is 3.57. The van der Waals surface area contributed by atoms with Gasteiger partial charge in [-0.15, -0.1) is 0 Å². The fraction of sp³-hybridized carbons (Fsp3) is 0.882. The highest BCUT2D eigenvalue weighted by Gasteiger charge is 2.56. The van der Waals surface area contributed by atoms with Crippen LogP contribution in [0.4, 0.5) is 0 Å². The SMILES string of the molecule is O=C(NCCN1CCOCC1)C1(C(=O)NC2CCCCC2)CC1. The average Bonchev–Trinajstić information content (AvgIpc) is 3.39. The third-order valence-electron chi connectivity index (χ3n) is 5.38. The van der Waals surface area contributed by atoms with Crippen LogP contribution in [0, 0.1) is 5.41 Å². The molecular weight excluding hydrogens is 294 g/mol. The van der Waals surface area contributed by atoms with E-state index in [1.807, 2.05) is 0 Å². The Kier molecular flexibility index (Phi) is 5.54. The molecule has 1 aliphatic heterocycles. The fourth-order valence-electron chi connectivity index (χ4n) is 3.57. The van der Waals surface area contributed by atoms with Gasteiger partial charge in [0.05, 0.1) is 13.2 Å². The second-order valence-electron chi connectivity index (χ2n) is 7.10. The Labute approximate surface area is 138 Å². The van der Waals surface area contributed by atoms with Gasteiger partial charge in [0.2, 0.25) is 11.8 Å². The van der Waals surface area contributed by atoms with Crippen molar-refractivity contribution in [1.82, 2.24) is 15.5 Å². The summed E-state index contributed by atoms with van der Waals surface area (Å²) in [4.78, 5) is 27.2. The van der Waals surface area contributed by atoms with E-state index < -0.39 is 5.41 Å². The van der Waals surface area contributed by atoms with Gasteiger partial charge in [-0.1, -0.05) is 19.3 Å². The standard InChI is InChI=1S/C17H29N3O3/c21-15(18-8-9-20-10-12-23-13-11-20)17(6-7-17)16(22)19-14-4-2-1-3-5-14/h14H,1-13H2,(H,18,21)(H,19,22). The number of carbonyl (C=O) groups excluding carboxylic acids is 2. The summed E-state index contributed by atoms with van der Waals surface area (Å²) < 4.78 is 5.31. The third kappa shape index (κ3) is 4.23. The van der Waals surface area contributed by atoms with Crippen LogP contribution >= 0.6 is 0 Å². The predicted octanol–water partition coefficient (Wildman–Crippen LogP) is 0.664. The monoisotopic (exact) mass is 323 g/mol. The van der Waals surface area contributed by atoms with E-state index in [2.05, 4.69) is 15.5 Å². The van der Waals surface area contributed by atoms with Crippen molar-refractivity contribution in [3.05, 3.63) is 0 Å². The van der Waals surface area contributed by atoms with Crippen molar-refractivity contribution in [3.63, 3.8) is 0 Å². The van der Waals surface area contributed by atoms with Crippen molar-refractivity contribution in [1.29, 1.82) is 0 Å². The van der Waals surface area contributed by atoms with E-state index >= 15 is 0 Å². The lowest BCUT2D eigenvalue weighted by Crippen LogP contribution is -2.48. The summed E-state index contributed by atoms with van der Waals surface area (Å²) in [7, 11) is 0. The highest BCUT2D eigenvalue weighted by atomic mass is 16.5. The number of carbonyl (C=O) groups is 2. The lowest BCUT2D eigenvalue weighted by molar-refractivity contribution is -0.137. The van der Waals surface area contributed by atoms with Crippen molar-refractivity contribution in [2.75, 3.05) is 39.4 Å². The van der Waals surface area contributed by atoms with Gasteiger partial charge in [-0.2, -0.15) is 0 Å².